The number of cyclic esters (lactones) is 1. The summed E-state index contributed by atoms with van der Waals surface area (Å²) in [7, 11) is 0. The second kappa shape index (κ2) is 6.54. The van der Waals surface area contributed by atoms with Crippen LogP contribution in [0.3, 0.4) is 0 Å². The Bertz CT molecular complexity index is 804. The van der Waals surface area contributed by atoms with Gasteiger partial charge in [-0.15, -0.1) is 0 Å². The third-order valence-electron chi connectivity index (χ3n) is 5.85. The van der Waals surface area contributed by atoms with Crippen molar-refractivity contribution in [2.45, 2.75) is 76.7 Å². The number of carbonyl (C=O) groups is 2. The van der Waals surface area contributed by atoms with E-state index >= 15 is 0 Å². The molecule has 1 heterocycles. The average molecular weight is 402 g/mol. The number of alkyl carbamates (subject to hydrolysis) is 1. The highest BCUT2D eigenvalue weighted by Gasteiger charge is 2.73. The molecule has 1 aromatic rings. The Morgan fingerprint density at radius 1 is 1.21 bits per heavy atom. The first-order chi connectivity index (χ1) is 13.5. The first-order valence-electron chi connectivity index (χ1n) is 10.2. The molecule has 5 rings (SSSR count). The van der Waals surface area contributed by atoms with Crippen molar-refractivity contribution in [2.24, 2.45) is 0 Å². The molecule has 3 saturated carbocycles. The average Bonchev–Trinajstić information content (AvgIpc) is 2.85. The summed E-state index contributed by atoms with van der Waals surface area (Å²) >= 11 is 0. The van der Waals surface area contributed by atoms with E-state index in [0.717, 1.165) is 36.1 Å². The molecule has 4 fully saturated rings. The number of benzene rings is 1. The van der Waals surface area contributed by atoms with Gasteiger partial charge in [0.25, 0.3) is 0 Å². The molecule has 1 saturated heterocycles. The molecule has 7 heteroatoms. The topological polar surface area (TPSA) is 77.1 Å². The number of carbonyl (C=O) groups excluding carboxylic acids is 2. The summed E-state index contributed by atoms with van der Waals surface area (Å²) in [6.07, 6.45) is 1.28. The molecule has 2 amide bonds. The van der Waals surface area contributed by atoms with Gasteiger partial charge < -0.3 is 19.5 Å². The number of nitrogens with zero attached hydrogens (tertiary/aromatic N) is 1. The van der Waals surface area contributed by atoms with Gasteiger partial charge in [0.2, 0.25) is 0 Å². The van der Waals surface area contributed by atoms with Crippen molar-refractivity contribution < 1.29 is 23.8 Å². The maximum absolute atomic E-state index is 12.4. The fourth-order valence-corrected chi connectivity index (χ4v) is 4.87. The lowest BCUT2D eigenvalue weighted by atomic mass is 9.43. The zero-order chi connectivity index (χ0) is 21.0. The van der Waals surface area contributed by atoms with Gasteiger partial charge in [-0.3, -0.25) is 4.90 Å². The van der Waals surface area contributed by atoms with E-state index in [1.807, 2.05) is 51.7 Å². The standard InChI is InChI=1S/C22H30N2O5/c1-14-6-15(2)8-16(7-14)27-10-17-9-24(19(26)28-17)22-11-21(12-22,13-22)23-18(25)29-20(3,4)5/h6-8,17H,9-13H2,1-5H3,(H,23,25). The van der Waals surface area contributed by atoms with Crippen LogP contribution in [0.25, 0.3) is 0 Å². The van der Waals surface area contributed by atoms with E-state index in [9.17, 15) is 9.59 Å². The van der Waals surface area contributed by atoms with Crippen molar-refractivity contribution in [1.82, 2.24) is 10.2 Å². The minimum atomic E-state index is -0.521. The highest BCUT2D eigenvalue weighted by Crippen LogP contribution is 2.64. The molecule has 4 aliphatic rings. The third-order valence-corrected chi connectivity index (χ3v) is 5.85. The van der Waals surface area contributed by atoms with Gasteiger partial charge in [0, 0.05) is 0 Å². The van der Waals surface area contributed by atoms with Crippen LogP contribution in [0.2, 0.25) is 0 Å². The van der Waals surface area contributed by atoms with Crippen LogP contribution in [0.4, 0.5) is 9.59 Å². The first kappa shape index (κ1) is 19.9. The largest absolute Gasteiger partial charge is 0.490 e. The molecule has 3 aliphatic carbocycles. The van der Waals surface area contributed by atoms with Crippen molar-refractivity contribution in [1.29, 1.82) is 0 Å². The first-order valence-corrected chi connectivity index (χ1v) is 10.2. The lowest BCUT2D eigenvalue weighted by Crippen LogP contribution is -2.83. The fourth-order valence-electron chi connectivity index (χ4n) is 4.87. The van der Waals surface area contributed by atoms with Gasteiger partial charge in [-0.05, 0) is 77.1 Å². The smallest absolute Gasteiger partial charge is 0.410 e. The van der Waals surface area contributed by atoms with Gasteiger partial charge in [-0.1, -0.05) is 6.07 Å². The molecule has 1 aliphatic heterocycles. The predicted molar refractivity (Wildman–Crippen MR) is 107 cm³/mol. The lowest BCUT2D eigenvalue weighted by molar-refractivity contribution is -0.154. The van der Waals surface area contributed by atoms with E-state index in [1.165, 1.54) is 0 Å². The number of hydrogen-bond donors (Lipinski definition) is 1. The van der Waals surface area contributed by atoms with E-state index in [-0.39, 0.29) is 23.3 Å². The Morgan fingerprint density at radius 2 is 1.83 bits per heavy atom. The molecular formula is C22H30N2O5. The minimum Gasteiger partial charge on any atom is -0.490 e. The molecule has 2 bridgehead atoms. The second-order valence-electron chi connectivity index (χ2n) is 9.91. The van der Waals surface area contributed by atoms with Crippen molar-refractivity contribution >= 4 is 12.2 Å². The van der Waals surface area contributed by atoms with E-state index in [1.54, 1.807) is 0 Å². The Morgan fingerprint density at radius 3 is 2.41 bits per heavy atom. The van der Waals surface area contributed by atoms with Crippen LogP contribution < -0.4 is 10.1 Å². The summed E-state index contributed by atoms with van der Waals surface area (Å²) in [4.78, 5) is 26.3. The highest BCUT2D eigenvalue weighted by atomic mass is 16.6. The molecule has 1 N–H and O–H groups in total. The van der Waals surface area contributed by atoms with E-state index in [0.29, 0.717) is 13.2 Å². The van der Waals surface area contributed by atoms with Crippen LogP contribution >= 0.6 is 0 Å². The van der Waals surface area contributed by atoms with Crippen LogP contribution in [0, 0.1) is 13.8 Å². The number of ether oxygens (including phenoxy) is 3. The van der Waals surface area contributed by atoms with E-state index in [2.05, 4.69) is 11.4 Å². The zero-order valence-electron chi connectivity index (χ0n) is 17.8. The Labute approximate surface area is 171 Å². The molecule has 158 valence electrons. The van der Waals surface area contributed by atoms with Crippen LogP contribution in [0.1, 0.15) is 51.2 Å². The molecule has 0 aromatic heterocycles. The van der Waals surface area contributed by atoms with E-state index in [4.69, 9.17) is 14.2 Å². The minimum absolute atomic E-state index is 0.194. The van der Waals surface area contributed by atoms with Gasteiger partial charge in [-0.25, -0.2) is 9.59 Å². The van der Waals surface area contributed by atoms with Crippen LogP contribution in [0.5, 0.6) is 5.75 Å². The third kappa shape index (κ3) is 3.87. The summed E-state index contributed by atoms with van der Waals surface area (Å²) in [5.41, 5.74) is 1.33. The number of aryl methyl sites for hydroxylation is 2. The number of nitrogens with one attached hydrogen (secondary N) is 1. The van der Waals surface area contributed by atoms with Crippen LogP contribution in [-0.2, 0) is 9.47 Å². The van der Waals surface area contributed by atoms with Gasteiger partial charge in [0.15, 0.2) is 6.10 Å². The molecular weight excluding hydrogens is 372 g/mol. The molecule has 0 radical (unpaired) electrons. The molecule has 0 spiro atoms. The van der Waals surface area contributed by atoms with Crippen molar-refractivity contribution in [3.05, 3.63) is 29.3 Å². The highest BCUT2D eigenvalue weighted by molar-refractivity contribution is 5.74. The lowest BCUT2D eigenvalue weighted by Gasteiger charge is -2.72. The van der Waals surface area contributed by atoms with Gasteiger partial charge >= 0.3 is 12.2 Å². The van der Waals surface area contributed by atoms with Crippen molar-refractivity contribution in [3.8, 4) is 5.75 Å². The number of hydrogen-bond acceptors (Lipinski definition) is 5. The van der Waals surface area contributed by atoms with Crippen molar-refractivity contribution in [3.63, 3.8) is 0 Å². The second-order valence-corrected chi connectivity index (χ2v) is 9.91. The van der Waals surface area contributed by atoms with E-state index < -0.39 is 11.7 Å². The molecule has 7 nitrogen and oxygen atoms in total. The SMILES string of the molecule is Cc1cc(C)cc(OCC2CN(C34CC(NC(=O)OC(C)(C)C)(C3)C4)C(=O)O2)c1. The Kier molecular flexibility index (Phi) is 4.48. The monoisotopic (exact) mass is 402 g/mol. The fraction of sp³-hybridized carbons (Fsp3) is 0.636. The summed E-state index contributed by atoms with van der Waals surface area (Å²) < 4.78 is 16.7. The van der Waals surface area contributed by atoms with Crippen molar-refractivity contribution in [2.75, 3.05) is 13.2 Å². The number of rotatable bonds is 5. The zero-order valence-corrected chi connectivity index (χ0v) is 17.8. The maximum atomic E-state index is 12.4. The summed E-state index contributed by atoms with van der Waals surface area (Å²) in [5.74, 6) is 0.794. The Balaban J connectivity index is 1.28. The van der Waals surface area contributed by atoms with Gasteiger partial charge in [0.05, 0.1) is 17.6 Å². The molecule has 1 atom stereocenters. The molecule has 29 heavy (non-hydrogen) atoms. The summed E-state index contributed by atoms with van der Waals surface area (Å²) in [6.45, 7) is 10.4. The van der Waals surface area contributed by atoms with Gasteiger partial charge in [0.1, 0.15) is 18.0 Å². The van der Waals surface area contributed by atoms with Crippen LogP contribution in [-0.4, -0.2) is 53.0 Å². The summed E-state index contributed by atoms with van der Waals surface area (Å²) in [5, 5.41) is 2.98. The van der Waals surface area contributed by atoms with Gasteiger partial charge in [-0.2, -0.15) is 0 Å². The summed E-state index contributed by atoms with van der Waals surface area (Å²) in [6, 6.07) is 6.05. The Hall–Kier alpha value is -2.44. The number of amides is 2. The molecule has 1 unspecified atom stereocenters. The predicted octanol–water partition coefficient (Wildman–Crippen LogP) is 3.70. The quantitative estimate of drug-likeness (QED) is 0.813. The molecule has 1 aromatic carbocycles. The normalized spacial score (nSPS) is 30.2. The van der Waals surface area contributed by atoms with Crippen LogP contribution in [0.15, 0.2) is 18.2 Å². The maximum Gasteiger partial charge on any atom is 0.410 e.